The van der Waals surface area contributed by atoms with E-state index in [-0.39, 0.29) is 6.61 Å². The van der Waals surface area contributed by atoms with Gasteiger partial charge in [0.05, 0.1) is 28.0 Å². The van der Waals surface area contributed by atoms with Crippen LogP contribution in [0.5, 0.6) is 0 Å². The molecule has 0 unspecified atom stereocenters. The second kappa shape index (κ2) is 9.57. The highest BCUT2D eigenvalue weighted by molar-refractivity contribution is 7.99. The average Bonchev–Trinajstić information content (AvgIpc) is 3.18. The van der Waals surface area contributed by atoms with Crippen molar-refractivity contribution < 1.29 is 5.11 Å². The summed E-state index contributed by atoms with van der Waals surface area (Å²) in [5.74, 6) is 0.777. The number of hydrogen-bond donors (Lipinski definition) is 2. The van der Waals surface area contributed by atoms with E-state index in [1.165, 1.54) is 16.8 Å². The van der Waals surface area contributed by atoms with E-state index in [0.717, 1.165) is 55.8 Å². The number of anilines is 2. The number of piperidine rings is 1. The maximum Gasteiger partial charge on any atom is 0.153 e. The van der Waals surface area contributed by atoms with Crippen LogP contribution in [-0.2, 0) is 19.4 Å². The molecular formula is C26H28Cl2N4OS. The fraction of sp³-hybridized carbons (Fsp3) is 0.385. The Morgan fingerprint density at radius 1 is 1.09 bits per heavy atom. The SMILES string of the molecule is CSNc1ccc2c(c1)CC1(CCN(c3nc(C)c(-c4cccc(Cl)c4Cl)nc3CO)CC1)C2. The Kier molecular flexibility index (Phi) is 6.68. The third kappa shape index (κ3) is 4.37. The molecule has 3 aromatic rings. The van der Waals surface area contributed by atoms with Crippen LogP contribution in [-0.4, -0.2) is 34.4 Å². The van der Waals surface area contributed by atoms with Crippen LogP contribution in [0.25, 0.3) is 11.3 Å². The molecule has 2 aromatic carbocycles. The topological polar surface area (TPSA) is 61.3 Å². The zero-order valence-electron chi connectivity index (χ0n) is 19.4. The summed E-state index contributed by atoms with van der Waals surface area (Å²) in [5.41, 5.74) is 7.20. The summed E-state index contributed by atoms with van der Waals surface area (Å²) in [6.07, 6.45) is 6.51. The third-order valence-electron chi connectivity index (χ3n) is 7.16. The lowest BCUT2D eigenvalue weighted by molar-refractivity contribution is 0.231. The minimum atomic E-state index is -0.175. The lowest BCUT2D eigenvalue weighted by atomic mass is 9.76. The highest BCUT2D eigenvalue weighted by Crippen LogP contribution is 2.46. The number of nitrogens with zero attached hydrogens (tertiary/aromatic N) is 3. The Bertz CT molecular complexity index is 1230. The van der Waals surface area contributed by atoms with Gasteiger partial charge in [-0.3, -0.25) is 0 Å². The second-order valence-electron chi connectivity index (χ2n) is 9.32. The van der Waals surface area contributed by atoms with Crippen LogP contribution in [0.15, 0.2) is 36.4 Å². The van der Waals surface area contributed by atoms with Crippen LogP contribution in [0.3, 0.4) is 0 Å². The molecule has 1 fully saturated rings. The first kappa shape index (κ1) is 23.7. The van der Waals surface area contributed by atoms with Crippen molar-refractivity contribution in [1.82, 2.24) is 9.97 Å². The van der Waals surface area contributed by atoms with Gasteiger partial charge in [-0.2, -0.15) is 0 Å². The van der Waals surface area contributed by atoms with Crippen molar-refractivity contribution in [2.24, 2.45) is 5.41 Å². The lowest BCUT2D eigenvalue weighted by Gasteiger charge is -2.40. The molecule has 5 nitrogen and oxygen atoms in total. The van der Waals surface area contributed by atoms with Crippen LogP contribution in [0, 0.1) is 12.3 Å². The number of nitrogens with one attached hydrogen (secondary N) is 1. The van der Waals surface area contributed by atoms with Gasteiger partial charge in [-0.05, 0) is 67.3 Å². The van der Waals surface area contributed by atoms with Crippen LogP contribution in [0.4, 0.5) is 11.5 Å². The number of aromatic nitrogens is 2. The molecule has 2 heterocycles. The number of aliphatic hydroxyl groups excluding tert-OH is 1. The standard InChI is InChI=1S/C26H28Cl2N4OS/c1-16-24(20-4-3-5-21(27)23(20)28)30-22(15-33)25(29-16)32-10-8-26(9-11-32)13-17-6-7-19(31-34-2)12-18(17)14-26/h3-7,12,31,33H,8-11,13-15H2,1-2H3. The van der Waals surface area contributed by atoms with Crippen molar-refractivity contribution in [3.05, 3.63) is 69.0 Å². The zero-order valence-corrected chi connectivity index (χ0v) is 21.7. The second-order valence-corrected chi connectivity index (χ2v) is 10.7. The summed E-state index contributed by atoms with van der Waals surface area (Å²) >= 11 is 14.3. The summed E-state index contributed by atoms with van der Waals surface area (Å²) in [7, 11) is 0. The normalized spacial score (nSPS) is 16.7. The Hall–Kier alpha value is -1.99. The molecule has 1 spiro atoms. The van der Waals surface area contributed by atoms with Crippen LogP contribution < -0.4 is 9.62 Å². The Labute approximate surface area is 215 Å². The smallest absolute Gasteiger partial charge is 0.153 e. The van der Waals surface area contributed by atoms with E-state index in [9.17, 15) is 5.11 Å². The molecule has 2 aliphatic rings. The lowest BCUT2D eigenvalue weighted by Crippen LogP contribution is -2.41. The fourth-order valence-electron chi connectivity index (χ4n) is 5.40. The highest BCUT2D eigenvalue weighted by Gasteiger charge is 2.40. The van der Waals surface area contributed by atoms with E-state index in [0.29, 0.717) is 26.8 Å². The van der Waals surface area contributed by atoms with Crippen molar-refractivity contribution in [1.29, 1.82) is 0 Å². The van der Waals surface area contributed by atoms with Gasteiger partial charge >= 0.3 is 0 Å². The molecular weight excluding hydrogens is 487 g/mol. The largest absolute Gasteiger partial charge is 0.390 e. The Balaban J connectivity index is 1.36. The van der Waals surface area contributed by atoms with Crippen LogP contribution in [0.2, 0.25) is 10.0 Å². The van der Waals surface area contributed by atoms with Gasteiger partial charge in [0, 0.05) is 30.6 Å². The first-order chi connectivity index (χ1) is 16.4. The van der Waals surface area contributed by atoms with E-state index < -0.39 is 0 Å². The van der Waals surface area contributed by atoms with Crippen molar-refractivity contribution in [2.45, 2.75) is 39.2 Å². The van der Waals surface area contributed by atoms with Gasteiger partial charge in [0.25, 0.3) is 0 Å². The molecule has 1 saturated heterocycles. The van der Waals surface area contributed by atoms with Gasteiger partial charge in [-0.25, -0.2) is 9.97 Å². The summed E-state index contributed by atoms with van der Waals surface area (Å²) in [6.45, 7) is 3.57. The van der Waals surface area contributed by atoms with Gasteiger partial charge in [-0.15, -0.1) is 0 Å². The van der Waals surface area contributed by atoms with Crippen LogP contribution in [0.1, 0.15) is 35.4 Å². The minimum Gasteiger partial charge on any atom is -0.390 e. The Morgan fingerprint density at radius 3 is 2.59 bits per heavy atom. The van der Waals surface area contributed by atoms with Gasteiger partial charge in [0.15, 0.2) is 5.82 Å². The molecule has 0 saturated carbocycles. The number of fused-ring (bicyclic) bond motifs is 1. The zero-order chi connectivity index (χ0) is 23.9. The molecule has 1 aliphatic heterocycles. The number of benzene rings is 2. The third-order valence-corrected chi connectivity index (χ3v) is 8.42. The molecule has 178 valence electrons. The van der Waals surface area contributed by atoms with E-state index >= 15 is 0 Å². The predicted molar refractivity (Wildman–Crippen MR) is 143 cm³/mol. The van der Waals surface area contributed by atoms with Crippen LogP contribution >= 0.6 is 35.1 Å². The van der Waals surface area contributed by atoms with Crippen molar-refractivity contribution in [3.8, 4) is 11.3 Å². The monoisotopic (exact) mass is 514 g/mol. The van der Waals surface area contributed by atoms with Crippen molar-refractivity contribution in [2.75, 3.05) is 29.0 Å². The van der Waals surface area contributed by atoms with Gasteiger partial charge in [-0.1, -0.05) is 53.3 Å². The molecule has 1 aromatic heterocycles. The molecule has 0 bridgehead atoms. The maximum atomic E-state index is 10.1. The fourth-order valence-corrected chi connectivity index (χ4v) is 6.16. The maximum absolute atomic E-state index is 10.1. The molecule has 0 amide bonds. The molecule has 5 rings (SSSR count). The highest BCUT2D eigenvalue weighted by atomic mass is 35.5. The summed E-state index contributed by atoms with van der Waals surface area (Å²) < 4.78 is 3.35. The van der Waals surface area contributed by atoms with Crippen molar-refractivity contribution >= 4 is 46.7 Å². The molecule has 0 radical (unpaired) electrons. The molecule has 8 heteroatoms. The Morgan fingerprint density at radius 2 is 1.85 bits per heavy atom. The molecule has 34 heavy (non-hydrogen) atoms. The quantitative estimate of drug-likeness (QED) is 0.388. The summed E-state index contributed by atoms with van der Waals surface area (Å²) in [6, 6.07) is 12.3. The van der Waals surface area contributed by atoms with E-state index in [2.05, 4.69) is 27.8 Å². The number of aliphatic hydroxyl groups is 1. The van der Waals surface area contributed by atoms with E-state index in [4.69, 9.17) is 33.2 Å². The molecule has 2 N–H and O–H groups in total. The molecule has 0 atom stereocenters. The number of rotatable bonds is 5. The minimum absolute atomic E-state index is 0.175. The van der Waals surface area contributed by atoms with E-state index in [1.54, 1.807) is 18.0 Å². The van der Waals surface area contributed by atoms with Gasteiger partial charge < -0.3 is 14.7 Å². The first-order valence-electron chi connectivity index (χ1n) is 11.5. The first-order valence-corrected chi connectivity index (χ1v) is 13.5. The van der Waals surface area contributed by atoms with Gasteiger partial charge in [0.1, 0.15) is 5.69 Å². The van der Waals surface area contributed by atoms with E-state index in [1.807, 2.05) is 25.3 Å². The van der Waals surface area contributed by atoms with Gasteiger partial charge in [0.2, 0.25) is 0 Å². The number of aryl methyl sites for hydroxylation is 1. The summed E-state index contributed by atoms with van der Waals surface area (Å²) in [5, 5.41) is 11.1. The van der Waals surface area contributed by atoms with Crippen molar-refractivity contribution in [3.63, 3.8) is 0 Å². The predicted octanol–water partition coefficient (Wildman–Crippen LogP) is 6.33. The number of halogens is 2. The average molecular weight is 516 g/mol. The summed E-state index contributed by atoms with van der Waals surface area (Å²) in [4.78, 5) is 12.0. The molecule has 1 aliphatic carbocycles. The number of hydrogen-bond acceptors (Lipinski definition) is 6.